The summed E-state index contributed by atoms with van der Waals surface area (Å²) in [6.45, 7) is 4.91. The smallest absolute Gasteiger partial charge is 0.150 e. The molecule has 0 amide bonds. The number of halogens is 3. The molecule has 0 unspecified atom stereocenters. The van der Waals surface area contributed by atoms with Crippen molar-refractivity contribution in [2.45, 2.75) is 13.8 Å². The largest absolute Gasteiger partial charge is 0.367 e. The molecule has 0 atom stereocenters. The molecule has 0 aromatic heterocycles. The van der Waals surface area contributed by atoms with Gasteiger partial charge in [-0.1, -0.05) is 15.9 Å². The van der Waals surface area contributed by atoms with E-state index in [9.17, 15) is 8.78 Å². The summed E-state index contributed by atoms with van der Waals surface area (Å²) in [5.41, 5.74) is 0.0539. The second kappa shape index (κ2) is 4.73. The molecule has 0 saturated carbocycles. The summed E-state index contributed by atoms with van der Waals surface area (Å²) in [5.74, 6) is -1.05. The van der Waals surface area contributed by atoms with Crippen LogP contribution in [0.4, 0.5) is 14.5 Å². The maximum absolute atomic E-state index is 13.4. The molecule has 0 N–H and O–H groups in total. The Morgan fingerprint density at radius 3 is 1.93 bits per heavy atom. The fourth-order valence-corrected chi connectivity index (χ4v) is 1.78. The summed E-state index contributed by atoms with van der Waals surface area (Å²) in [6.07, 6.45) is 0. The van der Waals surface area contributed by atoms with E-state index in [2.05, 4.69) is 15.9 Å². The van der Waals surface area contributed by atoms with Crippen LogP contribution in [0.5, 0.6) is 0 Å². The lowest BCUT2D eigenvalue weighted by molar-refractivity contribution is 0.572. The summed E-state index contributed by atoms with van der Waals surface area (Å²) in [6, 6.07) is 2.55. The standard InChI is InChI=1S/C10H12BrF2N/c1-3-14(4-2)10-8(12)5-7(11)6-9(10)13/h5-6H,3-4H2,1-2H3. The van der Waals surface area contributed by atoms with Crippen molar-refractivity contribution in [1.82, 2.24) is 0 Å². The zero-order valence-electron chi connectivity index (χ0n) is 8.15. The molecule has 0 heterocycles. The predicted octanol–water partition coefficient (Wildman–Crippen LogP) is 3.57. The predicted molar refractivity (Wildman–Crippen MR) is 57.6 cm³/mol. The molecule has 0 saturated heterocycles. The van der Waals surface area contributed by atoms with Crippen LogP contribution >= 0.6 is 15.9 Å². The fourth-order valence-electron chi connectivity index (χ4n) is 1.38. The number of anilines is 1. The van der Waals surface area contributed by atoms with Crippen LogP contribution in [0.15, 0.2) is 16.6 Å². The Morgan fingerprint density at radius 2 is 1.57 bits per heavy atom. The Bertz CT molecular complexity index is 301. The summed E-state index contributed by atoms with van der Waals surface area (Å²) in [4.78, 5) is 1.65. The molecule has 0 spiro atoms. The van der Waals surface area contributed by atoms with Crippen LogP contribution in [-0.2, 0) is 0 Å². The van der Waals surface area contributed by atoms with E-state index in [0.29, 0.717) is 17.6 Å². The first-order valence-electron chi connectivity index (χ1n) is 4.49. The molecule has 0 aliphatic carbocycles. The number of hydrogen-bond acceptors (Lipinski definition) is 1. The number of nitrogens with zero attached hydrogens (tertiary/aromatic N) is 1. The normalized spacial score (nSPS) is 10.4. The van der Waals surface area contributed by atoms with Crippen LogP contribution < -0.4 is 4.90 Å². The number of hydrogen-bond donors (Lipinski definition) is 0. The molecule has 1 aromatic rings. The molecular weight excluding hydrogens is 252 g/mol. The number of rotatable bonds is 3. The van der Waals surface area contributed by atoms with Gasteiger partial charge in [-0.15, -0.1) is 0 Å². The Labute approximate surface area is 90.8 Å². The molecular formula is C10H12BrF2N. The highest BCUT2D eigenvalue weighted by atomic mass is 79.9. The molecule has 0 aliphatic rings. The SMILES string of the molecule is CCN(CC)c1c(F)cc(Br)cc1F. The minimum Gasteiger partial charge on any atom is -0.367 e. The van der Waals surface area contributed by atoms with Crippen LogP contribution in [0, 0.1) is 11.6 Å². The zero-order valence-corrected chi connectivity index (χ0v) is 9.74. The lowest BCUT2D eigenvalue weighted by atomic mass is 10.2. The van der Waals surface area contributed by atoms with Gasteiger partial charge in [0, 0.05) is 17.6 Å². The third-order valence-electron chi connectivity index (χ3n) is 2.06. The molecule has 4 heteroatoms. The highest BCUT2D eigenvalue weighted by molar-refractivity contribution is 9.10. The van der Waals surface area contributed by atoms with Crippen molar-refractivity contribution in [3.63, 3.8) is 0 Å². The van der Waals surface area contributed by atoms with Gasteiger partial charge in [0.05, 0.1) is 0 Å². The molecule has 1 nitrogen and oxygen atoms in total. The molecule has 14 heavy (non-hydrogen) atoms. The third-order valence-corrected chi connectivity index (χ3v) is 2.52. The Morgan fingerprint density at radius 1 is 1.14 bits per heavy atom. The second-order valence-corrected chi connectivity index (χ2v) is 3.81. The van der Waals surface area contributed by atoms with E-state index in [-0.39, 0.29) is 5.69 Å². The van der Waals surface area contributed by atoms with Crippen molar-refractivity contribution in [3.8, 4) is 0 Å². The van der Waals surface area contributed by atoms with Gasteiger partial charge < -0.3 is 4.90 Å². The Balaban J connectivity index is 3.19. The highest BCUT2D eigenvalue weighted by Gasteiger charge is 2.14. The van der Waals surface area contributed by atoms with Crippen LogP contribution in [0.25, 0.3) is 0 Å². The monoisotopic (exact) mass is 263 g/mol. The highest BCUT2D eigenvalue weighted by Crippen LogP contribution is 2.26. The molecule has 78 valence electrons. The molecule has 0 bridgehead atoms. The van der Waals surface area contributed by atoms with Gasteiger partial charge >= 0.3 is 0 Å². The van der Waals surface area contributed by atoms with Gasteiger partial charge in [-0.2, -0.15) is 0 Å². The maximum atomic E-state index is 13.4. The van der Waals surface area contributed by atoms with E-state index in [1.165, 1.54) is 12.1 Å². The van der Waals surface area contributed by atoms with Gasteiger partial charge in [0.15, 0.2) is 11.6 Å². The van der Waals surface area contributed by atoms with Crippen LogP contribution in [0.2, 0.25) is 0 Å². The van der Waals surface area contributed by atoms with Crippen LogP contribution in [0.1, 0.15) is 13.8 Å². The first-order chi connectivity index (χ1) is 6.60. The first-order valence-corrected chi connectivity index (χ1v) is 5.28. The average molecular weight is 264 g/mol. The van der Waals surface area contributed by atoms with Gasteiger partial charge in [-0.25, -0.2) is 8.78 Å². The van der Waals surface area contributed by atoms with Crippen molar-refractivity contribution in [3.05, 3.63) is 28.2 Å². The van der Waals surface area contributed by atoms with E-state index in [0.717, 1.165) is 0 Å². The topological polar surface area (TPSA) is 3.24 Å². The minimum atomic E-state index is -0.527. The summed E-state index contributed by atoms with van der Waals surface area (Å²) >= 11 is 3.04. The first kappa shape index (κ1) is 11.4. The third kappa shape index (κ3) is 2.23. The van der Waals surface area contributed by atoms with Gasteiger partial charge in [0.25, 0.3) is 0 Å². The van der Waals surface area contributed by atoms with Crippen molar-refractivity contribution >= 4 is 21.6 Å². The average Bonchev–Trinajstić information content (AvgIpc) is 2.10. The minimum absolute atomic E-state index is 0.0539. The van der Waals surface area contributed by atoms with Crippen molar-refractivity contribution in [2.24, 2.45) is 0 Å². The fraction of sp³-hybridized carbons (Fsp3) is 0.400. The van der Waals surface area contributed by atoms with E-state index < -0.39 is 11.6 Å². The van der Waals surface area contributed by atoms with Gasteiger partial charge in [0.1, 0.15) is 5.69 Å². The van der Waals surface area contributed by atoms with Crippen molar-refractivity contribution in [1.29, 1.82) is 0 Å². The maximum Gasteiger partial charge on any atom is 0.150 e. The van der Waals surface area contributed by atoms with Gasteiger partial charge in [-0.3, -0.25) is 0 Å². The molecule has 1 aromatic carbocycles. The van der Waals surface area contributed by atoms with E-state index in [4.69, 9.17) is 0 Å². The molecule has 0 radical (unpaired) electrons. The molecule has 0 fully saturated rings. The lowest BCUT2D eigenvalue weighted by Gasteiger charge is -2.22. The second-order valence-electron chi connectivity index (χ2n) is 2.89. The van der Waals surface area contributed by atoms with E-state index in [1.807, 2.05) is 13.8 Å². The van der Waals surface area contributed by atoms with E-state index in [1.54, 1.807) is 4.90 Å². The number of benzene rings is 1. The van der Waals surface area contributed by atoms with Crippen molar-refractivity contribution in [2.75, 3.05) is 18.0 Å². The zero-order chi connectivity index (χ0) is 10.7. The van der Waals surface area contributed by atoms with Crippen molar-refractivity contribution < 1.29 is 8.78 Å². The van der Waals surface area contributed by atoms with Crippen LogP contribution in [-0.4, -0.2) is 13.1 Å². The Kier molecular flexibility index (Phi) is 3.86. The van der Waals surface area contributed by atoms with Crippen LogP contribution in [0.3, 0.4) is 0 Å². The lowest BCUT2D eigenvalue weighted by Crippen LogP contribution is -2.24. The molecule has 0 aliphatic heterocycles. The summed E-state index contributed by atoms with van der Waals surface area (Å²) in [5, 5.41) is 0. The molecule has 1 rings (SSSR count). The van der Waals surface area contributed by atoms with Gasteiger partial charge in [-0.05, 0) is 26.0 Å². The quantitative estimate of drug-likeness (QED) is 0.806. The van der Waals surface area contributed by atoms with E-state index >= 15 is 0 Å². The Hall–Kier alpha value is -0.640. The summed E-state index contributed by atoms with van der Waals surface area (Å²) in [7, 11) is 0. The summed E-state index contributed by atoms with van der Waals surface area (Å²) < 4.78 is 27.3. The van der Waals surface area contributed by atoms with Gasteiger partial charge in [0.2, 0.25) is 0 Å².